The maximum absolute atomic E-state index is 6.29. The quantitative estimate of drug-likeness (QED) is 0.617. The van der Waals surface area contributed by atoms with Crippen molar-refractivity contribution in [2.75, 3.05) is 45.6 Å². The molecule has 3 heterocycles. The van der Waals surface area contributed by atoms with Gasteiger partial charge in [-0.25, -0.2) is 0 Å². The number of rotatable bonds is 7. The molecule has 2 aromatic rings. The first-order valence-electron chi connectivity index (χ1n) is 10.8. The van der Waals surface area contributed by atoms with Gasteiger partial charge in [-0.3, -0.25) is 14.8 Å². The SMILES string of the molecule is COCC[C@H]1CN(C2c3ccc(Cl)cc3OCc3cccnc32)CCN1C[C@@H](N)CS. The monoisotopic (exact) mass is 462 g/mol. The average Bonchev–Trinajstić information content (AvgIpc) is 2.95. The summed E-state index contributed by atoms with van der Waals surface area (Å²) in [7, 11) is 1.76. The Kier molecular flexibility index (Phi) is 7.74. The minimum absolute atomic E-state index is 0.0247. The molecule has 1 aromatic heterocycles. The lowest BCUT2D eigenvalue weighted by Crippen LogP contribution is -2.57. The standard InChI is InChI=1S/C23H31ClN4O2S/c1-29-10-6-19-13-28(9-8-27(19)12-18(25)15-31)23-20-5-4-17(24)11-21(20)30-14-16-3-2-7-26-22(16)23/h2-5,7,11,18-19,23,31H,6,8-10,12-15,25H2,1H3/t18-,19+,23?/m1/s1. The van der Waals surface area contributed by atoms with Gasteiger partial charge in [0.2, 0.25) is 0 Å². The second-order valence-corrected chi connectivity index (χ2v) is 9.09. The molecule has 0 amide bonds. The highest BCUT2D eigenvalue weighted by molar-refractivity contribution is 7.80. The molecule has 2 aliphatic rings. The van der Waals surface area contributed by atoms with Crippen LogP contribution >= 0.6 is 24.2 Å². The number of halogens is 1. The molecule has 1 fully saturated rings. The first-order valence-corrected chi connectivity index (χ1v) is 11.8. The van der Waals surface area contributed by atoms with Crippen molar-refractivity contribution in [3.63, 3.8) is 0 Å². The number of piperazine rings is 1. The Morgan fingerprint density at radius 1 is 1.35 bits per heavy atom. The Morgan fingerprint density at radius 3 is 3.03 bits per heavy atom. The van der Waals surface area contributed by atoms with Crippen LogP contribution in [-0.4, -0.2) is 72.5 Å². The molecule has 0 saturated carbocycles. The second-order valence-electron chi connectivity index (χ2n) is 8.29. The van der Waals surface area contributed by atoms with E-state index in [1.165, 1.54) is 0 Å². The van der Waals surface area contributed by atoms with Crippen LogP contribution in [0.2, 0.25) is 5.02 Å². The highest BCUT2D eigenvalue weighted by atomic mass is 35.5. The van der Waals surface area contributed by atoms with Crippen molar-refractivity contribution < 1.29 is 9.47 Å². The Hall–Kier alpha value is -1.35. The van der Waals surface area contributed by atoms with Crippen molar-refractivity contribution in [2.24, 2.45) is 5.73 Å². The van der Waals surface area contributed by atoms with E-state index in [-0.39, 0.29) is 12.1 Å². The van der Waals surface area contributed by atoms with Crippen molar-refractivity contribution in [3.05, 3.63) is 58.4 Å². The van der Waals surface area contributed by atoms with E-state index < -0.39 is 0 Å². The number of nitrogens with two attached hydrogens (primary N) is 1. The fourth-order valence-corrected chi connectivity index (χ4v) is 4.91. The maximum atomic E-state index is 6.29. The van der Waals surface area contributed by atoms with E-state index in [2.05, 4.69) is 34.6 Å². The second kappa shape index (κ2) is 10.5. The van der Waals surface area contributed by atoms with E-state index in [1.807, 2.05) is 24.4 Å². The molecule has 0 bridgehead atoms. The first-order chi connectivity index (χ1) is 15.1. The van der Waals surface area contributed by atoms with Crippen LogP contribution in [0.15, 0.2) is 36.5 Å². The molecule has 0 spiro atoms. The number of aromatic nitrogens is 1. The molecule has 31 heavy (non-hydrogen) atoms. The number of hydrogen-bond donors (Lipinski definition) is 2. The summed E-state index contributed by atoms with van der Waals surface area (Å²) in [4.78, 5) is 9.82. The van der Waals surface area contributed by atoms with Crippen molar-refractivity contribution in [1.29, 1.82) is 0 Å². The summed E-state index contributed by atoms with van der Waals surface area (Å²) in [6.45, 7) is 4.84. The van der Waals surface area contributed by atoms with E-state index in [4.69, 9.17) is 31.8 Å². The van der Waals surface area contributed by atoms with Crippen molar-refractivity contribution in [3.8, 4) is 5.75 Å². The van der Waals surface area contributed by atoms with Crippen LogP contribution in [0.5, 0.6) is 5.75 Å². The van der Waals surface area contributed by atoms with Crippen LogP contribution in [0.25, 0.3) is 0 Å². The van der Waals surface area contributed by atoms with E-state index >= 15 is 0 Å². The number of thiol groups is 1. The fraction of sp³-hybridized carbons (Fsp3) is 0.522. The van der Waals surface area contributed by atoms with Crippen LogP contribution in [0, 0.1) is 0 Å². The molecular formula is C23H31ClN4O2S. The molecule has 0 aliphatic carbocycles. The number of hydrogen-bond acceptors (Lipinski definition) is 7. The van der Waals surface area contributed by atoms with Gasteiger partial charge in [-0.1, -0.05) is 23.7 Å². The Bertz CT molecular complexity index is 886. The molecule has 4 rings (SSSR count). The molecule has 168 valence electrons. The lowest BCUT2D eigenvalue weighted by molar-refractivity contribution is 0.0361. The highest BCUT2D eigenvalue weighted by Gasteiger charge is 2.36. The summed E-state index contributed by atoms with van der Waals surface area (Å²) >= 11 is 10.7. The predicted molar refractivity (Wildman–Crippen MR) is 127 cm³/mol. The number of fused-ring (bicyclic) bond motifs is 2. The van der Waals surface area contributed by atoms with Gasteiger partial charge in [-0.15, -0.1) is 0 Å². The van der Waals surface area contributed by atoms with Crippen LogP contribution in [-0.2, 0) is 11.3 Å². The van der Waals surface area contributed by atoms with E-state index in [0.717, 1.165) is 61.8 Å². The van der Waals surface area contributed by atoms with E-state index in [9.17, 15) is 0 Å². The number of methoxy groups -OCH3 is 1. The summed E-state index contributed by atoms with van der Waals surface area (Å²) in [5.41, 5.74) is 9.53. The van der Waals surface area contributed by atoms with Crippen molar-refractivity contribution >= 4 is 24.2 Å². The summed E-state index contributed by atoms with van der Waals surface area (Å²) in [6, 6.07) is 10.5. The molecule has 6 nitrogen and oxygen atoms in total. The average molecular weight is 463 g/mol. The molecule has 1 unspecified atom stereocenters. The molecule has 2 N–H and O–H groups in total. The zero-order valence-corrected chi connectivity index (χ0v) is 19.6. The molecule has 8 heteroatoms. The minimum Gasteiger partial charge on any atom is -0.488 e. The molecule has 1 aromatic carbocycles. The van der Waals surface area contributed by atoms with Gasteiger partial charge >= 0.3 is 0 Å². The van der Waals surface area contributed by atoms with Gasteiger partial charge < -0.3 is 15.2 Å². The smallest absolute Gasteiger partial charge is 0.126 e. The van der Waals surface area contributed by atoms with E-state index in [0.29, 0.717) is 23.4 Å². The fourth-order valence-electron chi connectivity index (χ4n) is 4.63. The molecule has 1 saturated heterocycles. The van der Waals surface area contributed by atoms with Gasteiger partial charge in [-0.05, 0) is 24.6 Å². The topological polar surface area (TPSA) is 63.9 Å². The Morgan fingerprint density at radius 2 is 2.23 bits per heavy atom. The molecule has 3 atom stereocenters. The number of benzene rings is 1. The summed E-state index contributed by atoms with van der Waals surface area (Å²) in [5.74, 6) is 1.52. The zero-order chi connectivity index (χ0) is 21.8. The van der Waals surface area contributed by atoms with Crippen molar-refractivity contribution in [1.82, 2.24) is 14.8 Å². The highest BCUT2D eigenvalue weighted by Crippen LogP contribution is 2.40. The summed E-state index contributed by atoms with van der Waals surface area (Å²) < 4.78 is 11.6. The lowest BCUT2D eigenvalue weighted by atomic mass is 9.95. The van der Waals surface area contributed by atoms with E-state index in [1.54, 1.807) is 7.11 Å². The van der Waals surface area contributed by atoms with Crippen LogP contribution in [0.1, 0.15) is 29.3 Å². The van der Waals surface area contributed by atoms with Gasteiger partial charge in [0, 0.05) is 80.1 Å². The lowest BCUT2D eigenvalue weighted by Gasteiger charge is -2.45. The van der Waals surface area contributed by atoms with Crippen LogP contribution < -0.4 is 10.5 Å². The maximum Gasteiger partial charge on any atom is 0.126 e. The number of pyridine rings is 1. The Balaban J connectivity index is 1.66. The summed E-state index contributed by atoms with van der Waals surface area (Å²) in [6.07, 6.45) is 2.83. The van der Waals surface area contributed by atoms with Crippen molar-refractivity contribution in [2.45, 2.75) is 31.2 Å². The third-order valence-corrected chi connectivity index (χ3v) is 6.90. The minimum atomic E-state index is 0.0247. The predicted octanol–water partition coefficient (Wildman–Crippen LogP) is 3.00. The molecular weight excluding hydrogens is 432 g/mol. The third-order valence-electron chi connectivity index (χ3n) is 6.20. The molecule has 0 radical (unpaired) electrons. The largest absolute Gasteiger partial charge is 0.488 e. The van der Waals surface area contributed by atoms with Gasteiger partial charge in [-0.2, -0.15) is 12.6 Å². The summed E-state index contributed by atoms with van der Waals surface area (Å²) in [5, 5.41) is 0.681. The number of nitrogens with zero attached hydrogens (tertiary/aromatic N) is 3. The van der Waals surface area contributed by atoms with Crippen LogP contribution in [0.4, 0.5) is 0 Å². The Labute approximate surface area is 195 Å². The normalized spacial score (nSPS) is 22.8. The van der Waals surface area contributed by atoms with Gasteiger partial charge in [0.1, 0.15) is 12.4 Å². The number of ether oxygens (including phenoxy) is 2. The van der Waals surface area contributed by atoms with Gasteiger partial charge in [0.05, 0.1) is 11.7 Å². The van der Waals surface area contributed by atoms with Gasteiger partial charge in [0.25, 0.3) is 0 Å². The zero-order valence-electron chi connectivity index (χ0n) is 17.9. The molecule has 2 aliphatic heterocycles. The van der Waals surface area contributed by atoms with Gasteiger partial charge in [0.15, 0.2) is 0 Å². The first kappa shape index (κ1) is 22.8. The third kappa shape index (κ3) is 5.18. The van der Waals surface area contributed by atoms with Crippen LogP contribution in [0.3, 0.4) is 0 Å².